The Labute approximate surface area is 212 Å². The number of anilines is 2. The molecule has 1 saturated heterocycles. The molecule has 0 aliphatic carbocycles. The molecule has 9 nitrogen and oxygen atoms in total. The standard InChI is InChI=1S/C27H35N9/c1-3-4-9-20-10-8-13-22(18-20)28-25-30-26(32-27(31-25)36-16-14-35(2)15-17-36)29-24-19-23(33-34-24)21-11-6-5-7-12-21/h5-8,10-13,18-19,25,28H,3-4,9,14-17H2,1-2H3,(H3,29,30,31,32,33,34). The topological polar surface area (TPSA) is 96.0 Å². The highest BCUT2D eigenvalue weighted by Crippen LogP contribution is 2.20. The molecule has 1 unspecified atom stereocenters. The first-order valence-electron chi connectivity index (χ1n) is 12.8. The van der Waals surface area contributed by atoms with Crippen LogP contribution in [0.5, 0.6) is 0 Å². The molecule has 0 bridgehead atoms. The Kier molecular flexibility index (Phi) is 7.47. The Morgan fingerprint density at radius 3 is 2.61 bits per heavy atom. The van der Waals surface area contributed by atoms with Gasteiger partial charge in [0, 0.05) is 37.9 Å². The molecule has 1 aromatic heterocycles. The number of nitrogens with zero attached hydrogens (tertiary/aromatic N) is 5. The Balaban J connectivity index is 1.34. The summed E-state index contributed by atoms with van der Waals surface area (Å²) in [5.41, 5.74) is 4.37. The lowest BCUT2D eigenvalue weighted by Crippen LogP contribution is -2.55. The number of hydrogen-bond donors (Lipinski definition) is 4. The number of nitrogens with one attached hydrogen (secondary N) is 4. The van der Waals surface area contributed by atoms with Gasteiger partial charge in [-0.2, -0.15) is 5.10 Å². The molecule has 0 amide bonds. The first-order valence-corrected chi connectivity index (χ1v) is 12.8. The van der Waals surface area contributed by atoms with E-state index in [1.54, 1.807) is 0 Å². The van der Waals surface area contributed by atoms with Crippen molar-refractivity contribution in [2.75, 3.05) is 43.9 Å². The van der Waals surface area contributed by atoms with Crippen LogP contribution < -0.4 is 16.0 Å². The van der Waals surface area contributed by atoms with Gasteiger partial charge in [0.1, 0.15) is 0 Å². The predicted molar refractivity (Wildman–Crippen MR) is 147 cm³/mol. The summed E-state index contributed by atoms with van der Waals surface area (Å²) in [5, 5.41) is 17.8. The number of piperazine rings is 1. The van der Waals surface area contributed by atoms with Crippen LogP contribution in [0.4, 0.5) is 11.5 Å². The normalized spacial score (nSPS) is 18.3. The summed E-state index contributed by atoms with van der Waals surface area (Å²) >= 11 is 0. The van der Waals surface area contributed by atoms with Gasteiger partial charge in [-0.15, -0.1) is 0 Å². The lowest BCUT2D eigenvalue weighted by atomic mass is 10.1. The minimum Gasteiger partial charge on any atom is -0.345 e. The maximum atomic E-state index is 4.91. The average molecular weight is 486 g/mol. The summed E-state index contributed by atoms with van der Waals surface area (Å²) in [5.74, 6) is 2.13. The van der Waals surface area contributed by atoms with Gasteiger partial charge >= 0.3 is 0 Å². The molecule has 9 heteroatoms. The fourth-order valence-electron chi connectivity index (χ4n) is 4.36. The number of guanidine groups is 2. The molecular formula is C27H35N9. The molecule has 1 fully saturated rings. The first kappa shape index (κ1) is 23.9. The van der Waals surface area contributed by atoms with Gasteiger partial charge in [0.15, 0.2) is 5.82 Å². The largest absolute Gasteiger partial charge is 0.345 e. The lowest BCUT2D eigenvalue weighted by molar-refractivity contribution is 0.212. The van der Waals surface area contributed by atoms with Crippen LogP contribution >= 0.6 is 0 Å². The number of aliphatic imine (C=N–C) groups is 2. The van der Waals surface area contributed by atoms with Crippen molar-refractivity contribution < 1.29 is 0 Å². The van der Waals surface area contributed by atoms with E-state index in [1.165, 1.54) is 18.4 Å². The van der Waals surface area contributed by atoms with Crippen molar-refractivity contribution in [1.82, 2.24) is 25.3 Å². The first-order chi connectivity index (χ1) is 17.7. The zero-order valence-corrected chi connectivity index (χ0v) is 21.0. The predicted octanol–water partition coefficient (Wildman–Crippen LogP) is 3.79. The number of benzene rings is 2. The van der Waals surface area contributed by atoms with Crippen molar-refractivity contribution in [3.8, 4) is 11.3 Å². The molecule has 0 spiro atoms. The minimum atomic E-state index is -0.447. The van der Waals surface area contributed by atoms with Crippen molar-refractivity contribution in [2.45, 2.75) is 32.5 Å². The van der Waals surface area contributed by atoms with E-state index < -0.39 is 6.29 Å². The molecule has 0 saturated carbocycles. The van der Waals surface area contributed by atoms with E-state index in [1.807, 2.05) is 24.3 Å². The van der Waals surface area contributed by atoms with E-state index in [0.717, 1.165) is 55.5 Å². The Bertz CT molecular complexity index is 1190. The molecule has 4 N–H and O–H groups in total. The molecule has 2 aliphatic heterocycles. The van der Waals surface area contributed by atoms with E-state index >= 15 is 0 Å². The van der Waals surface area contributed by atoms with Crippen molar-refractivity contribution in [3.63, 3.8) is 0 Å². The van der Waals surface area contributed by atoms with Crippen LogP contribution in [0.25, 0.3) is 11.3 Å². The van der Waals surface area contributed by atoms with Gasteiger partial charge in [-0.1, -0.05) is 55.8 Å². The highest BCUT2D eigenvalue weighted by atomic mass is 15.4. The van der Waals surface area contributed by atoms with E-state index in [2.05, 4.69) is 86.3 Å². The SMILES string of the molecule is CCCCc1cccc(NC2N=C(Nc3cc(-c4ccccc4)[nH]n3)NC(N3CCN(C)CC3)=N2)c1. The van der Waals surface area contributed by atoms with Crippen molar-refractivity contribution in [1.29, 1.82) is 0 Å². The van der Waals surface area contributed by atoms with Crippen molar-refractivity contribution in [3.05, 3.63) is 66.2 Å². The van der Waals surface area contributed by atoms with E-state index in [0.29, 0.717) is 11.8 Å². The molecule has 188 valence electrons. The van der Waals surface area contributed by atoms with E-state index in [-0.39, 0.29) is 0 Å². The van der Waals surface area contributed by atoms with Crippen molar-refractivity contribution in [2.24, 2.45) is 9.98 Å². The van der Waals surface area contributed by atoms with E-state index in [4.69, 9.17) is 9.98 Å². The summed E-state index contributed by atoms with van der Waals surface area (Å²) < 4.78 is 0. The summed E-state index contributed by atoms with van der Waals surface area (Å²) in [7, 11) is 2.15. The monoisotopic (exact) mass is 485 g/mol. The molecule has 1 atom stereocenters. The van der Waals surface area contributed by atoms with Crippen LogP contribution in [0.2, 0.25) is 0 Å². The van der Waals surface area contributed by atoms with Crippen LogP contribution in [-0.4, -0.2) is 71.4 Å². The molecular weight excluding hydrogens is 450 g/mol. The summed E-state index contributed by atoms with van der Waals surface area (Å²) in [6.45, 7) is 6.04. The number of aryl methyl sites for hydroxylation is 1. The number of hydrogen-bond acceptors (Lipinski definition) is 8. The van der Waals surface area contributed by atoms with Crippen LogP contribution in [0.1, 0.15) is 25.3 Å². The van der Waals surface area contributed by atoms with Crippen LogP contribution in [0.3, 0.4) is 0 Å². The lowest BCUT2D eigenvalue weighted by Gasteiger charge is -2.36. The Hall–Kier alpha value is -3.85. The number of aromatic amines is 1. The summed E-state index contributed by atoms with van der Waals surface area (Å²) in [6, 6.07) is 20.7. The maximum absolute atomic E-state index is 4.91. The molecule has 5 rings (SSSR count). The number of rotatable bonds is 7. The van der Waals surface area contributed by atoms with Crippen LogP contribution in [-0.2, 0) is 6.42 Å². The second-order valence-corrected chi connectivity index (χ2v) is 9.33. The van der Waals surface area contributed by atoms with Gasteiger partial charge in [0.05, 0.1) is 5.69 Å². The highest BCUT2D eigenvalue weighted by Gasteiger charge is 2.24. The highest BCUT2D eigenvalue weighted by molar-refractivity contribution is 6.06. The Morgan fingerprint density at radius 1 is 0.972 bits per heavy atom. The van der Waals surface area contributed by atoms with Gasteiger partial charge in [0.25, 0.3) is 0 Å². The third-order valence-electron chi connectivity index (χ3n) is 6.48. The third-order valence-corrected chi connectivity index (χ3v) is 6.48. The number of H-pyrrole nitrogens is 1. The smallest absolute Gasteiger partial charge is 0.221 e. The second kappa shape index (κ2) is 11.3. The van der Waals surface area contributed by atoms with E-state index in [9.17, 15) is 0 Å². The fourth-order valence-corrected chi connectivity index (χ4v) is 4.36. The zero-order chi connectivity index (χ0) is 24.7. The van der Waals surface area contributed by atoms with Gasteiger partial charge in [0.2, 0.25) is 18.2 Å². The summed E-state index contributed by atoms with van der Waals surface area (Å²) in [4.78, 5) is 14.3. The average Bonchev–Trinajstić information content (AvgIpc) is 3.37. The van der Waals surface area contributed by atoms with Gasteiger partial charge in [-0.05, 0) is 43.1 Å². The number of likely N-dealkylation sites (N-methyl/N-ethyl adjacent to an activating group) is 1. The third kappa shape index (κ3) is 6.04. The molecule has 2 aliphatic rings. The number of aromatic nitrogens is 2. The van der Waals surface area contributed by atoms with Gasteiger partial charge in [-0.25, -0.2) is 9.98 Å². The molecule has 0 radical (unpaired) electrons. The molecule has 3 aromatic rings. The van der Waals surface area contributed by atoms with Gasteiger partial charge in [-0.3, -0.25) is 10.4 Å². The molecule has 36 heavy (non-hydrogen) atoms. The minimum absolute atomic E-state index is 0.447. The Morgan fingerprint density at radius 2 is 1.81 bits per heavy atom. The molecule has 3 heterocycles. The zero-order valence-electron chi connectivity index (χ0n) is 21.0. The van der Waals surface area contributed by atoms with Crippen molar-refractivity contribution >= 4 is 23.4 Å². The number of unbranched alkanes of at least 4 members (excludes halogenated alkanes) is 1. The van der Waals surface area contributed by atoms with Crippen LogP contribution in [0.15, 0.2) is 70.6 Å². The van der Waals surface area contributed by atoms with Crippen LogP contribution in [0, 0.1) is 0 Å². The maximum Gasteiger partial charge on any atom is 0.221 e. The second-order valence-electron chi connectivity index (χ2n) is 9.33. The fraction of sp³-hybridized carbons (Fsp3) is 0.370. The quantitative estimate of drug-likeness (QED) is 0.407. The summed E-state index contributed by atoms with van der Waals surface area (Å²) in [6.07, 6.45) is 3.00. The van der Waals surface area contributed by atoms with Gasteiger partial charge < -0.3 is 20.4 Å². The molecule has 2 aromatic carbocycles.